The number of para-hydroxylation sites is 1. The molecular formula is C23H30FN5O4. The van der Waals surface area contributed by atoms with Crippen LogP contribution in [0, 0.1) is 5.82 Å². The Morgan fingerprint density at radius 1 is 1.30 bits per heavy atom. The van der Waals surface area contributed by atoms with Crippen molar-refractivity contribution in [2.24, 2.45) is 0 Å². The molecule has 1 aliphatic heterocycles. The molecule has 2 atom stereocenters. The number of methoxy groups -OCH3 is 1. The Kier molecular flexibility index (Phi) is 6.13. The summed E-state index contributed by atoms with van der Waals surface area (Å²) in [6.45, 7) is 10.3. The molecule has 3 aromatic rings. The minimum atomic E-state index is -0.575. The van der Waals surface area contributed by atoms with Crippen LogP contribution in [0.4, 0.5) is 9.18 Å². The molecule has 1 amide bonds. The third-order valence-electron chi connectivity index (χ3n) is 5.68. The lowest BCUT2D eigenvalue weighted by molar-refractivity contribution is -0.0180. The van der Waals surface area contributed by atoms with E-state index in [1.165, 1.54) is 10.7 Å². The average molecular weight is 460 g/mol. The van der Waals surface area contributed by atoms with Crippen molar-refractivity contribution in [2.45, 2.75) is 64.6 Å². The van der Waals surface area contributed by atoms with Gasteiger partial charge < -0.3 is 18.9 Å². The molecule has 0 aliphatic carbocycles. The first-order chi connectivity index (χ1) is 15.6. The van der Waals surface area contributed by atoms with Gasteiger partial charge in [0.25, 0.3) is 5.95 Å². The van der Waals surface area contributed by atoms with Gasteiger partial charge in [0.05, 0.1) is 24.3 Å². The predicted octanol–water partition coefficient (Wildman–Crippen LogP) is 4.41. The summed E-state index contributed by atoms with van der Waals surface area (Å²) in [5.74, 6) is 0.00467. The zero-order valence-electron chi connectivity index (χ0n) is 19.8. The van der Waals surface area contributed by atoms with Gasteiger partial charge in [-0.3, -0.25) is 0 Å². The quantitative estimate of drug-likeness (QED) is 0.570. The van der Waals surface area contributed by atoms with E-state index in [1.54, 1.807) is 18.1 Å². The summed E-state index contributed by atoms with van der Waals surface area (Å²) < 4.78 is 32.8. The van der Waals surface area contributed by atoms with Crippen molar-refractivity contribution in [1.29, 1.82) is 0 Å². The van der Waals surface area contributed by atoms with Crippen LogP contribution in [0.5, 0.6) is 0 Å². The third kappa shape index (κ3) is 4.57. The van der Waals surface area contributed by atoms with Crippen LogP contribution >= 0.6 is 0 Å². The van der Waals surface area contributed by atoms with Gasteiger partial charge in [0.1, 0.15) is 16.9 Å². The molecule has 9 nitrogen and oxygen atoms in total. The van der Waals surface area contributed by atoms with Crippen molar-refractivity contribution in [1.82, 2.24) is 24.8 Å². The maximum absolute atomic E-state index is 14.7. The van der Waals surface area contributed by atoms with Crippen LogP contribution < -0.4 is 0 Å². The van der Waals surface area contributed by atoms with Gasteiger partial charge in [-0.2, -0.15) is 14.8 Å². The lowest BCUT2D eigenvalue weighted by Crippen LogP contribution is -2.48. The van der Waals surface area contributed by atoms with Crippen LogP contribution in [0.15, 0.2) is 22.7 Å². The molecule has 0 radical (unpaired) electrons. The highest BCUT2D eigenvalue weighted by Gasteiger charge is 2.37. The molecule has 4 rings (SSSR count). The minimum Gasteiger partial charge on any atom is -0.444 e. The number of piperidine rings is 1. The molecule has 0 saturated carbocycles. The van der Waals surface area contributed by atoms with Crippen LogP contribution in [0.25, 0.3) is 16.9 Å². The van der Waals surface area contributed by atoms with Gasteiger partial charge in [-0.25, -0.2) is 9.18 Å². The first-order valence-corrected chi connectivity index (χ1v) is 11.1. The Hall–Kier alpha value is -3.01. The maximum Gasteiger partial charge on any atom is 0.410 e. The van der Waals surface area contributed by atoms with Gasteiger partial charge in [-0.15, -0.1) is 0 Å². The molecule has 2 aromatic heterocycles. The number of aromatic nitrogens is 4. The number of ether oxygens (including phenoxy) is 2. The van der Waals surface area contributed by atoms with E-state index in [1.807, 2.05) is 40.7 Å². The Morgan fingerprint density at radius 3 is 2.73 bits per heavy atom. The van der Waals surface area contributed by atoms with E-state index in [2.05, 4.69) is 15.2 Å². The highest BCUT2D eigenvalue weighted by molar-refractivity contribution is 5.84. The van der Waals surface area contributed by atoms with Crippen LogP contribution in [0.1, 0.15) is 64.5 Å². The maximum atomic E-state index is 14.7. The Balaban J connectivity index is 1.60. The molecule has 1 fully saturated rings. The highest BCUT2D eigenvalue weighted by Crippen LogP contribution is 2.32. The Bertz CT molecular complexity index is 1150. The molecule has 1 aromatic carbocycles. The second-order valence-corrected chi connectivity index (χ2v) is 9.62. The number of fused-ring (bicyclic) bond motifs is 1. The van der Waals surface area contributed by atoms with Crippen molar-refractivity contribution >= 4 is 17.0 Å². The topological polar surface area (TPSA) is 95.5 Å². The molecule has 0 spiro atoms. The van der Waals surface area contributed by atoms with Crippen LogP contribution in [-0.4, -0.2) is 62.8 Å². The van der Waals surface area contributed by atoms with Crippen molar-refractivity contribution in [3.63, 3.8) is 0 Å². The van der Waals surface area contributed by atoms with E-state index in [0.717, 1.165) is 11.1 Å². The zero-order valence-corrected chi connectivity index (χ0v) is 19.8. The summed E-state index contributed by atoms with van der Waals surface area (Å²) in [5, 5.41) is 9.38. The SMILES string of the molecule is CO[C@H]1CN(C(=O)OC(C)(C)C)CC[C@H]1c1nc(-n2nc(C(C)C)c3cccc(F)c32)no1. The third-order valence-corrected chi connectivity index (χ3v) is 5.68. The molecule has 0 N–H and O–H groups in total. The van der Waals surface area contributed by atoms with Gasteiger partial charge in [0.2, 0.25) is 5.89 Å². The summed E-state index contributed by atoms with van der Waals surface area (Å²) >= 11 is 0. The second kappa shape index (κ2) is 8.74. The number of nitrogens with zero attached hydrogens (tertiary/aromatic N) is 5. The van der Waals surface area contributed by atoms with Gasteiger partial charge in [-0.05, 0) is 44.3 Å². The fourth-order valence-corrected chi connectivity index (χ4v) is 4.11. The molecular weight excluding hydrogens is 429 g/mol. The molecule has 10 heteroatoms. The summed E-state index contributed by atoms with van der Waals surface area (Å²) in [7, 11) is 1.58. The fraction of sp³-hybridized carbons (Fsp3) is 0.565. The fourth-order valence-electron chi connectivity index (χ4n) is 4.11. The van der Waals surface area contributed by atoms with Gasteiger partial charge >= 0.3 is 6.09 Å². The molecule has 1 aliphatic rings. The number of carbonyl (C=O) groups is 1. The smallest absolute Gasteiger partial charge is 0.410 e. The summed E-state index contributed by atoms with van der Waals surface area (Å²) in [4.78, 5) is 18.6. The monoisotopic (exact) mass is 459 g/mol. The van der Waals surface area contributed by atoms with Gasteiger partial charge in [0, 0.05) is 19.0 Å². The van der Waals surface area contributed by atoms with E-state index >= 15 is 0 Å². The largest absolute Gasteiger partial charge is 0.444 e. The number of carbonyl (C=O) groups excluding carboxylic acids is 1. The highest BCUT2D eigenvalue weighted by atomic mass is 19.1. The van der Waals surface area contributed by atoms with Gasteiger partial charge in [-0.1, -0.05) is 26.0 Å². The number of hydrogen-bond acceptors (Lipinski definition) is 7. The zero-order chi connectivity index (χ0) is 23.9. The number of likely N-dealkylation sites (tertiary alicyclic amines) is 1. The normalized spacial score (nSPS) is 19.5. The van der Waals surface area contributed by atoms with E-state index in [4.69, 9.17) is 14.0 Å². The van der Waals surface area contributed by atoms with Crippen molar-refractivity contribution in [3.8, 4) is 5.95 Å². The second-order valence-electron chi connectivity index (χ2n) is 9.62. The van der Waals surface area contributed by atoms with Crippen molar-refractivity contribution in [2.75, 3.05) is 20.2 Å². The van der Waals surface area contributed by atoms with Crippen LogP contribution in [0.3, 0.4) is 0 Å². The lowest BCUT2D eigenvalue weighted by atomic mass is 9.94. The molecule has 33 heavy (non-hydrogen) atoms. The number of benzene rings is 1. The molecule has 1 saturated heterocycles. The Labute approximate surface area is 191 Å². The van der Waals surface area contributed by atoms with Crippen LogP contribution in [0.2, 0.25) is 0 Å². The van der Waals surface area contributed by atoms with Gasteiger partial charge in [0.15, 0.2) is 0 Å². The van der Waals surface area contributed by atoms with E-state index in [-0.39, 0.29) is 30.0 Å². The van der Waals surface area contributed by atoms with Crippen LogP contribution in [-0.2, 0) is 9.47 Å². The van der Waals surface area contributed by atoms with E-state index in [0.29, 0.717) is 30.9 Å². The van der Waals surface area contributed by atoms with Crippen molar-refractivity contribution in [3.05, 3.63) is 35.6 Å². The molecule has 3 heterocycles. The lowest BCUT2D eigenvalue weighted by Gasteiger charge is -2.36. The average Bonchev–Trinajstić information content (AvgIpc) is 3.37. The van der Waals surface area contributed by atoms with E-state index in [9.17, 15) is 9.18 Å². The summed E-state index contributed by atoms with van der Waals surface area (Å²) in [6.07, 6.45) is -0.170. The number of amides is 1. The number of rotatable bonds is 4. The van der Waals surface area contributed by atoms with E-state index < -0.39 is 11.4 Å². The standard InChI is InChI=1S/C23H30FN5O4/c1-13(2)18-15-8-7-9-16(24)19(15)29(26-18)21-25-20(33-27-21)14-10-11-28(12-17(14)31-6)22(30)32-23(3,4)5/h7-9,13-14,17H,10-12H2,1-6H3/t14-,17+/m1/s1. The number of hydrogen-bond donors (Lipinski definition) is 0. The predicted molar refractivity (Wildman–Crippen MR) is 119 cm³/mol. The van der Waals surface area contributed by atoms with Crippen molar-refractivity contribution < 1.29 is 23.2 Å². The first-order valence-electron chi connectivity index (χ1n) is 11.1. The number of halogens is 1. The summed E-state index contributed by atoms with van der Waals surface area (Å²) in [5.41, 5.74) is 0.502. The summed E-state index contributed by atoms with van der Waals surface area (Å²) in [6, 6.07) is 4.89. The Morgan fingerprint density at radius 2 is 2.06 bits per heavy atom. The molecule has 0 bridgehead atoms. The minimum absolute atomic E-state index is 0.0944. The molecule has 0 unspecified atom stereocenters. The molecule has 178 valence electrons. The first kappa shape index (κ1) is 23.2.